The quantitative estimate of drug-likeness (QED) is 0.243. The molecule has 1 aliphatic rings. The number of ether oxygens (including phenoxy) is 1. The van der Waals surface area contributed by atoms with Crippen LogP contribution in [0.15, 0.2) is 65.8 Å². The third kappa shape index (κ3) is 5.70. The average molecular weight is 655 g/mol. The molecule has 1 heterocycles. The summed E-state index contributed by atoms with van der Waals surface area (Å²) < 4.78 is 61.8. The van der Waals surface area contributed by atoms with Crippen molar-refractivity contribution in [2.75, 3.05) is 5.32 Å². The molecule has 39 heavy (non-hydrogen) atoms. The van der Waals surface area contributed by atoms with Gasteiger partial charge in [-0.05, 0) is 109 Å². The largest absolute Gasteiger partial charge is 0.475 e. The van der Waals surface area contributed by atoms with Gasteiger partial charge >= 0.3 is 12.0 Å². The molecule has 2 N–H and O–H groups in total. The van der Waals surface area contributed by atoms with Crippen LogP contribution in [0.1, 0.15) is 51.3 Å². The van der Waals surface area contributed by atoms with Gasteiger partial charge in [0, 0.05) is 26.4 Å². The van der Waals surface area contributed by atoms with E-state index in [9.17, 15) is 27.2 Å². The number of hydrogen-bond acceptors (Lipinski definition) is 5. The van der Waals surface area contributed by atoms with Gasteiger partial charge in [-0.25, -0.2) is 4.39 Å². The molecule has 7 nitrogen and oxygen atoms in total. The van der Waals surface area contributed by atoms with Crippen molar-refractivity contribution in [2.45, 2.75) is 38.8 Å². The van der Waals surface area contributed by atoms with Gasteiger partial charge < -0.3 is 20.2 Å². The molecule has 12 heteroatoms. The minimum Gasteiger partial charge on any atom is -0.419 e. The summed E-state index contributed by atoms with van der Waals surface area (Å²) in [6.07, 6.45) is -5.05. The number of alkyl halides is 3. The Kier molecular flexibility index (Phi) is 7.87. The van der Waals surface area contributed by atoms with Crippen LogP contribution in [-0.2, 0) is 15.4 Å². The summed E-state index contributed by atoms with van der Waals surface area (Å²) in [4.78, 5) is 30.7. The molecule has 3 aromatic carbocycles. The molecular weight excluding hydrogens is 633 g/mol. The van der Waals surface area contributed by atoms with Crippen molar-refractivity contribution in [2.24, 2.45) is 5.16 Å². The van der Waals surface area contributed by atoms with Gasteiger partial charge in [-0.1, -0.05) is 6.07 Å². The summed E-state index contributed by atoms with van der Waals surface area (Å²) in [5.74, 6) is -5.33. The number of nitrogens with zero attached hydrogens (tertiary/aromatic N) is 1. The van der Waals surface area contributed by atoms with Gasteiger partial charge in [0.1, 0.15) is 5.82 Å². The number of halogens is 5. The van der Waals surface area contributed by atoms with Gasteiger partial charge in [0.15, 0.2) is 0 Å². The van der Waals surface area contributed by atoms with Gasteiger partial charge in [-0.15, -0.1) is 0 Å². The first kappa shape index (κ1) is 28.3. The first-order valence-electron chi connectivity index (χ1n) is 11.6. The molecule has 204 valence electrons. The normalized spacial score (nSPS) is 16.8. The molecule has 0 fully saturated rings. The highest BCUT2D eigenvalue weighted by molar-refractivity contribution is 14.1. The Morgan fingerprint density at radius 2 is 1.72 bits per heavy atom. The number of aryl methyl sites for hydroxylation is 1. The second-order valence-electron chi connectivity index (χ2n) is 8.99. The van der Waals surface area contributed by atoms with Gasteiger partial charge in [0.2, 0.25) is 0 Å². The Hall–Kier alpha value is -3.68. The van der Waals surface area contributed by atoms with E-state index in [-0.39, 0.29) is 34.0 Å². The molecule has 0 radical (unpaired) electrons. The third-order valence-electron chi connectivity index (χ3n) is 5.72. The maximum atomic E-state index is 14.3. The number of nitrogens with one attached hydrogen (secondary N) is 2. The summed E-state index contributed by atoms with van der Waals surface area (Å²) in [5.41, 5.74) is 0.456. The van der Waals surface area contributed by atoms with E-state index in [4.69, 9.17) is 9.57 Å². The number of anilines is 1. The van der Waals surface area contributed by atoms with Crippen molar-refractivity contribution >= 4 is 46.0 Å². The van der Waals surface area contributed by atoms with Crippen molar-refractivity contribution in [3.8, 4) is 0 Å². The van der Waals surface area contributed by atoms with E-state index in [0.717, 1.165) is 24.3 Å². The van der Waals surface area contributed by atoms with Crippen molar-refractivity contribution in [1.29, 1.82) is 0 Å². The minimum atomic E-state index is -5.05. The van der Waals surface area contributed by atoms with Gasteiger partial charge in [0.25, 0.3) is 17.7 Å². The fourth-order valence-corrected chi connectivity index (χ4v) is 4.59. The lowest BCUT2D eigenvalue weighted by atomic mass is 10.0. The molecular formula is C27H22F4IN3O4. The van der Waals surface area contributed by atoms with Crippen molar-refractivity contribution in [3.63, 3.8) is 0 Å². The van der Waals surface area contributed by atoms with E-state index in [2.05, 4.69) is 15.8 Å². The minimum absolute atomic E-state index is 0.0953. The average Bonchev–Trinajstić information content (AvgIpc) is 3.32. The number of hydrogen-bond donors (Lipinski definition) is 2. The van der Waals surface area contributed by atoms with Crippen LogP contribution in [0.5, 0.6) is 0 Å². The summed E-state index contributed by atoms with van der Waals surface area (Å²) >= 11 is 1.96. The Labute approximate surface area is 234 Å². The Morgan fingerprint density at radius 1 is 1.03 bits per heavy atom. The number of rotatable bonds is 6. The topological polar surface area (TPSA) is 89.0 Å². The monoisotopic (exact) mass is 655 g/mol. The number of oxime groups is 1. The molecule has 0 saturated heterocycles. The molecule has 0 aromatic heterocycles. The second-order valence-corrected chi connectivity index (χ2v) is 10.1. The highest BCUT2D eigenvalue weighted by Gasteiger charge is 2.65. The molecule has 0 aliphatic carbocycles. The van der Waals surface area contributed by atoms with Crippen LogP contribution in [0.2, 0.25) is 0 Å². The summed E-state index contributed by atoms with van der Waals surface area (Å²) in [6, 6.07) is 12.7. The standard InChI is InChI=1S/C27H22F4IN3O4/c1-14(2)33-24(37)22-19(5-4-6-20(22)32)23(36)34-21-12-9-17(13-15(21)3)26(27(29,30)31)38-25(35-39-26)16-7-10-18(28)11-8-16/h4-14H,1-3H3,(H,33,37)(H,34,36). The maximum Gasteiger partial charge on any atom is 0.475 e. The lowest BCUT2D eigenvalue weighted by Gasteiger charge is -2.29. The van der Waals surface area contributed by atoms with Crippen molar-refractivity contribution in [1.82, 2.24) is 5.32 Å². The van der Waals surface area contributed by atoms with E-state index in [0.29, 0.717) is 3.57 Å². The van der Waals surface area contributed by atoms with E-state index >= 15 is 0 Å². The Bertz CT molecular complexity index is 1460. The fraction of sp³-hybridized carbons (Fsp3) is 0.222. The van der Waals surface area contributed by atoms with Crippen LogP contribution < -0.4 is 10.6 Å². The third-order valence-corrected chi connectivity index (χ3v) is 6.62. The number of benzene rings is 3. The molecule has 1 atom stereocenters. The fourth-order valence-electron chi connectivity index (χ4n) is 3.84. The van der Waals surface area contributed by atoms with Gasteiger partial charge in [-0.3, -0.25) is 9.59 Å². The van der Waals surface area contributed by atoms with E-state index in [1.54, 1.807) is 26.0 Å². The van der Waals surface area contributed by atoms with E-state index in [1.807, 2.05) is 22.6 Å². The molecule has 2 amide bonds. The summed E-state index contributed by atoms with van der Waals surface area (Å²) in [5, 5.41) is 8.89. The van der Waals surface area contributed by atoms with Crippen LogP contribution in [0.25, 0.3) is 0 Å². The van der Waals surface area contributed by atoms with Crippen LogP contribution in [-0.4, -0.2) is 29.9 Å². The molecule has 0 bridgehead atoms. The summed E-state index contributed by atoms with van der Waals surface area (Å²) in [6.45, 7) is 5.08. The first-order chi connectivity index (χ1) is 18.3. The Balaban J connectivity index is 1.62. The second kappa shape index (κ2) is 10.8. The molecule has 0 saturated carbocycles. The van der Waals surface area contributed by atoms with Crippen LogP contribution in [0.4, 0.5) is 23.2 Å². The lowest BCUT2D eigenvalue weighted by Crippen LogP contribution is -2.44. The number of carbonyl (C=O) groups is 2. The molecule has 0 spiro atoms. The number of amides is 2. The lowest BCUT2D eigenvalue weighted by molar-refractivity contribution is -0.352. The molecule has 4 rings (SSSR count). The van der Waals surface area contributed by atoms with Crippen molar-refractivity contribution in [3.05, 3.63) is 97.9 Å². The van der Waals surface area contributed by atoms with Crippen molar-refractivity contribution < 1.29 is 36.7 Å². The zero-order valence-electron chi connectivity index (χ0n) is 20.8. The van der Waals surface area contributed by atoms with Gasteiger partial charge in [0.05, 0.1) is 11.1 Å². The molecule has 3 aromatic rings. The zero-order chi connectivity index (χ0) is 28.5. The van der Waals surface area contributed by atoms with Crippen LogP contribution in [0.3, 0.4) is 0 Å². The Morgan fingerprint density at radius 3 is 2.33 bits per heavy atom. The highest BCUT2D eigenvalue weighted by Crippen LogP contribution is 2.47. The molecule has 1 unspecified atom stereocenters. The van der Waals surface area contributed by atoms with E-state index < -0.39 is 41.1 Å². The highest BCUT2D eigenvalue weighted by atomic mass is 127. The first-order valence-corrected chi connectivity index (χ1v) is 12.7. The smallest absolute Gasteiger partial charge is 0.419 e. The van der Waals surface area contributed by atoms with Crippen LogP contribution >= 0.6 is 22.6 Å². The molecule has 1 aliphatic heterocycles. The summed E-state index contributed by atoms with van der Waals surface area (Å²) in [7, 11) is 0. The predicted molar refractivity (Wildman–Crippen MR) is 144 cm³/mol. The van der Waals surface area contributed by atoms with E-state index in [1.165, 1.54) is 31.2 Å². The SMILES string of the molecule is Cc1cc(C2(C(F)(F)F)ON=C(c3ccc(F)cc3)O2)ccc1NC(=O)c1cccc(I)c1C(=O)NC(C)C. The zero-order valence-corrected chi connectivity index (χ0v) is 23.0. The number of carbonyl (C=O) groups excluding carboxylic acids is 2. The predicted octanol–water partition coefficient (Wildman–Crippen LogP) is 6.25. The van der Waals surface area contributed by atoms with Crippen LogP contribution in [0, 0.1) is 16.3 Å². The maximum absolute atomic E-state index is 14.3. The van der Waals surface area contributed by atoms with Gasteiger partial charge in [-0.2, -0.15) is 13.2 Å².